The van der Waals surface area contributed by atoms with Gasteiger partial charge in [-0.05, 0) is 36.4 Å². The van der Waals surface area contributed by atoms with Crippen molar-refractivity contribution in [2.45, 2.75) is 0 Å². The molecule has 5 rings (SSSR count). The van der Waals surface area contributed by atoms with Crippen LogP contribution < -0.4 is 15.2 Å². The number of hydrogen-bond donors (Lipinski definition) is 0. The lowest BCUT2D eigenvalue weighted by Crippen LogP contribution is -2.20. The Morgan fingerprint density at radius 2 is 1.18 bits per heavy atom. The van der Waals surface area contributed by atoms with Gasteiger partial charge in [-0.3, -0.25) is 0 Å². The number of rotatable bonds is 3. The van der Waals surface area contributed by atoms with Crippen LogP contribution in [-0.4, -0.2) is 19.0 Å². The molecule has 0 radical (unpaired) electrons. The van der Waals surface area contributed by atoms with Gasteiger partial charge in [0.15, 0.2) is 0 Å². The smallest absolute Gasteiger partial charge is 0.344 e. The minimum Gasteiger partial charge on any atom is -0.497 e. The van der Waals surface area contributed by atoms with Crippen molar-refractivity contribution >= 4 is 23.5 Å². The van der Waals surface area contributed by atoms with Gasteiger partial charge < -0.3 is 14.2 Å². The van der Waals surface area contributed by atoms with E-state index in [2.05, 4.69) is 0 Å². The van der Waals surface area contributed by atoms with Crippen molar-refractivity contribution in [3.8, 4) is 5.75 Å². The van der Waals surface area contributed by atoms with Gasteiger partial charge in [0.05, 0.1) is 18.2 Å². The molecule has 0 bridgehead atoms. The molecule has 3 aromatic rings. The predicted molar refractivity (Wildman–Crippen MR) is 101 cm³/mol. The van der Waals surface area contributed by atoms with E-state index >= 15 is 0 Å². The van der Waals surface area contributed by atoms with E-state index in [1.807, 2.05) is 42.5 Å². The predicted octanol–water partition coefficient (Wildman–Crippen LogP) is 2.35. The molecule has 0 saturated heterocycles. The van der Waals surface area contributed by atoms with E-state index in [0.29, 0.717) is 38.8 Å². The van der Waals surface area contributed by atoms with Gasteiger partial charge in [-0.2, -0.15) is 0 Å². The van der Waals surface area contributed by atoms with Gasteiger partial charge in [-0.1, -0.05) is 30.3 Å². The average molecular weight is 370 g/mol. The highest BCUT2D eigenvalue weighted by molar-refractivity contribution is 6.03. The van der Waals surface area contributed by atoms with Gasteiger partial charge in [0.1, 0.15) is 17.3 Å². The summed E-state index contributed by atoms with van der Waals surface area (Å²) < 4.78 is 16.2. The van der Waals surface area contributed by atoms with Crippen LogP contribution in [0.15, 0.2) is 66.7 Å². The van der Waals surface area contributed by atoms with E-state index in [-0.39, 0.29) is 0 Å². The Hall–Kier alpha value is -3.86. The molecule has 2 aliphatic heterocycles. The van der Waals surface area contributed by atoms with Crippen molar-refractivity contribution in [3.63, 3.8) is 0 Å². The molecule has 0 atom stereocenters. The van der Waals surface area contributed by atoms with Gasteiger partial charge >= 0.3 is 11.9 Å². The van der Waals surface area contributed by atoms with E-state index in [1.165, 1.54) is 0 Å². The first kappa shape index (κ1) is 16.3. The molecule has 2 heterocycles. The molecule has 2 aliphatic rings. The second kappa shape index (κ2) is 6.09. The summed E-state index contributed by atoms with van der Waals surface area (Å²) in [5.41, 5.74) is 2.34. The maximum Gasteiger partial charge on any atom is 0.344 e. The van der Waals surface area contributed by atoms with Crippen molar-refractivity contribution < 1.29 is 23.8 Å². The summed E-state index contributed by atoms with van der Waals surface area (Å²) in [6.07, 6.45) is 0. The molecule has 3 aromatic carbocycles. The maximum atomic E-state index is 12.5. The summed E-state index contributed by atoms with van der Waals surface area (Å²) in [6, 6.07) is 19.9. The van der Waals surface area contributed by atoms with Crippen LogP contribution >= 0.6 is 0 Å². The molecule has 5 heteroatoms. The SMILES string of the molecule is COc1ccc(C2=c3cc4c(cc3C(=O)O2)=C(c2ccccc2)OC4=O)cc1. The van der Waals surface area contributed by atoms with Crippen molar-refractivity contribution in [2.75, 3.05) is 7.11 Å². The van der Waals surface area contributed by atoms with Crippen LogP contribution in [0.2, 0.25) is 0 Å². The zero-order valence-corrected chi connectivity index (χ0v) is 14.9. The topological polar surface area (TPSA) is 61.8 Å². The molecule has 5 nitrogen and oxygen atoms in total. The molecule has 28 heavy (non-hydrogen) atoms. The number of methoxy groups -OCH3 is 1. The molecular formula is C23H14O5. The fraction of sp³-hybridized carbons (Fsp3) is 0.0435. The number of carbonyl (C=O) groups is 2. The summed E-state index contributed by atoms with van der Waals surface area (Å²) in [6.45, 7) is 0. The number of fused-ring (bicyclic) bond motifs is 2. The Bertz CT molecular complexity index is 1250. The number of esters is 2. The Balaban J connectivity index is 1.76. The van der Waals surface area contributed by atoms with Crippen LogP contribution in [0.5, 0.6) is 5.75 Å². The van der Waals surface area contributed by atoms with Crippen LogP contribution in [0.25, 0.3) is 11.5 Å². The zero-order chi connectivity index (χ0) is 19.3. The van der Waals surface area contributed by atoms with E-state index < -0.39 is 11.9 Å². The van der Waals surface area contributed by atoms with Crippen LogP contribution in [0, 0.1) is 0 Å². The normalized spacial score (nSPS) is 14.5. The lowest BCUT2D eigenvalue weighted by Gasteiger charge is -2.04. The van der Waals surface area contributed by atoms with Crippen molar-refractivity contribution in [3.05, 3.63) is 99.4 Å². The van der Waals surface area contributed by atoms with Gasteiger partial charge in [0, 0.05) is 21.6 Å². The number of hydrogen-bond acceptors (Lipinski definition) is 5. The van der Waals surface area contributed by atoms with Crippen molar-refractivity contribution in [1.29, 1.82) is 0 Å². The Kier molecular flexibility index (Phi) is 3.55. The molecule has 136 valence electrons. The highest BCUT2D eigenvalue weighted by Crippen LogP contribution is 2.24. The quantitative estimate of drug-likeness (QED) is 0.663. The molecular weight excluding hydrogens is 356 g/mol. The number of benzene rings is 3. The molecule has 0 spiro atoms. The van der Waals surface area contributed by atoms with Crippen LogP contribution in [-0.2, 0) is 9.47 Å². The van der Waals surface area contributed by atoms with E-state index in [0.717, 1.165) is 11.1 Å². The highest BCUT2D eigenvalue weighted by atomic mass is 16.5. The van der Waals surface area contributed by atoms with Gasteiger partial charge in [0.2, 0.25) is 0 Å². The summed E-state index contributed by atoms with van der Waals surface area (Å²) in [5.74, 6) is 0.689. The van der Waals surface area contributed by atoms with Crippen LogP contribution in [0.1, 0.15) is 31.8 Å². The summed E-state index contributed by atoms with van der Waals surface area (Å²) >= 11 is 0. The summed E-state index contributed by atoms with van der Waals surface area (Å²) in [5, 5.41) is 1.18. The third-order valence-corrected chi connectivity index (χ3v) is 4.86. The number of carbonyl (C=O) groups excluding carboxylic acids is 2. The fourth-order valence-electron chi connectivity index (χ4n) is 3.48. The largest absolute Gasteiger partial charge is 0.497 e. The standard InChI is InChI=1S/C23H14O5/c1-26-15-9-7-14(8-10-15)21-17-12-18-16(11-19(17)23(25)28-21)20(27-22(18)24)13-5-3-2-4-6-13/h2-12H,1H3. The average Bonchev–Trinajstić information content (AvgIpc) is 3.24. The lowest BCUT2D eigenvalue weighted by atomic mass is 10.0. The van der Waals surface area contributed by atoms with Crippen LogP contribution in [0.3, 0.4) is 0 Å². The molecule has 0 amide bonds. The molecule has 0 saturated carbocycles. The molecule has 0 aliphatic carbocycles. The minimum atomic E-state index is -0.449. The first-order valence-corrected chi connectivity index (χ1v) is 8.72. The van der Waals surface area contributed by atoms with Gasteiger partial charge in [-0.15, -0.1) is 0 Å². The van der Waals surface area contributed by atoms with Crippen molar-refractivity contribution in [1.82, 2.24) is 0 Å². The fourth-order valence-corrected chi connectivity index (χ4v) is 3.48. The number of ether oxygens (including phenoxy) is 3. The maximum absolute atomic E-state index is 12.5. The number of cyclic esters (lactones) is 2. The van der Waals surface area contributed by atoms with E-state index in [1.54, 1.807) is 31.4 Å². The Morgan fingerprint density at radius 3 is 1.68 bits per heavy atom. The first-order chi connectivity index (χ1) is 13.7. The molecule has 0 fully saturated rings. The minimum absolute atomic E-state index is 0.413. The Morgan fingerprint density at radius 1 is 0.679 bits per heavy atom. The second-order valence-electron chi connectivity index (χ2n) is 6.48. The third-order valence-electron chi connectivity index (χ3n) is 4.86. The monoisotopic (exact) mass is 370 g/mol. The molecule has 0 N–H and O–H groups in total. The van der Waals surface area contributed by atoms with E-state index in [9.17, 15) is 9.59 Å². The van der Waals surface area contributed by atoms with Gasteiger partial charge in [0.25, 0.3) is 0 Å². The lowest BCUT2D eigenvalue weighted by molar-refractivity contribution is 0.0698. The third kappa shape index (κ3) is 2.41. The van der Waals surface area contributed by atoms with Crippen molar-refractivity contribution in [2.24, 2.45) is 0 Å². The van der Waals surface area contributed by atoms with Gasteiger partial charge in [-0.25, -0.2) is 9.59 Å². The molecule has 0 unspecified atom stereocenters. The summed E-state index contributed by atoms with van der Waals surface area (Å²) in [4.78, 5) is 25.0. The second-order valence-corrected chi connectivity index (χ2v) is 6.48. The zero-order valence-electron chi connectivity index (χ0n) is 14.9. The first-order valence-electron chi connectivity index (χ1n) is 8.72. The molecule has 0 aromatic heterocycles. The Labute approximate surface area is 160 Å². The van der Waals surface area contributed by atoms with E-state index in [4.69, 9.17) is 14.2 Å². The highest BCUT2D eigenvalue weighted by Gasteiger charge is 2.30. The van der Waals surface area contributed by atoms with Crippen LogP contribution in [0.4, 0.5) is 0 Å². The summed E-state index contributed by atoms with van der Waals surface area (Å²) in [7, 11) is 1.59.